The van der Waals surface area contributed by atoms with Crippen molar-refractivity contribution in [3.05, 3.63) is 83.0 Å². The lowest BCUT2D eigenvalue weighted by Crippen LogP contribution is -2.22. The van der Waals surface area contributed by atoms with Crippen molar-refractivity contribution in [1.29, 1.82) is 0 Å². The lowest BCUT2D eigenvalue weighted by molar-refractivity contribution is 0.102. The molecule has 0 aliphatic rings. The Labute approximate surface area is 145 Å². The number of aromatic nitrogens is 2. The molecule has 2 aromatic heterocycles. The van der Waals surface area contributed by atoms with Crippen molar-refractivity contribution in [2.24, 2.45) is 0 Å². The molecule has 0 spiro atoms. The summed E-state index contributed by atoms with van der Waals surface area (Å²) in [6.45, 7) is 0.864. The van der Waals surface area contributed by atoms with Gasteiger partial charge in [0.25, 0.3) is 11.5 Å². The summed E-state index contributed by atoms with van der Waals surface area (Å²) in [5.41, 5.74) is 1.96. The molecule has 1 amide bonds. The minimum atomic E-state index is -0.226. The second kappa shape index (κ2) is 7.63. The Morgan fingerprint density at radius 3 is 2.48 bits per heavy atom. The van der Waals surface area contributed by atoms with Gasteiger partial charge in [-0.15, -0.1) is 0 Å². The van der Waals surface area contributed by atoms with Gasteiger partial charge in [-0.3, -0.25) is 9.59 Å². The number of nitrogens with one attached hydrogen (secondary N) is 1. The zero-order valence-corrected chi connectivity index (χ0v) is 13.9. The topological polar surface area (TPSA) is 65.3 Å². The van der Waals surface area contributed by atoms with Crippen LogP contribution in [-0.4, -0.2) is 28.8 Å². The number of ether oxygens (including phenoxy) is 1. The van der Waals surface area contributed by atoms with E-state index in [1.807, 2.05) is 41.2 Å². The first kappa shape index (κ1) is 16.7. The highest BCUT2D eigenvalue weighted by Gasteiger charge is 2.07. The van der Waals surface area contributed by atoms with Gasteiger partial charge in [0.05, 0.1) is 12.3 Å². The highest BCUT2D eigenvalue weighted by atomic mass is 16.5. The summed E-state index contributed by atoms with van der Waals surface area (Å²) in [6.07, 6.45) is 5.50. The molecule has 0 unspecified atom stereocenters. The van der Waals surface area contributed by atoms with Gasteiger partial charge >= 0.3 is 0 Å². The van der Waals surface area contributed by atoms with Gasteiger partial charge in [-0.1, -0.05) is 0 Å². The van der Waals surface area contributed by atoms with E-state index >= 15 is 0 Å². The van der Waals surface area contributed by atoms with Crippen molar-refractivity contribution in [3.63, 3.8) is 0 Å². The fourth-order valence-corrected chi connectivity index (χ4v) is 2.46. The first-order chi connectivity index (χ1) is 12.2. The molecule has 6 heteroatoms. The minimum absolute atomic E-state index is 0.133. The Bertz CT molecular complexity index is 896. The number of anilines is 1. The van der Waals surface area contributed by atoms with Crippen LogP contribution in [0, 0.1) is 0 Å². The van der Waals surface area contributed by atoms with E-state index in [4.69, 9.17) is 4.74 Å². The van der Waals surface area contributed by atoms with Gasteiger partial charge < -0.3 is 19.2 Å². The van der Waals surface area contributed by atoms with Crippen LogP contribution in [0.2, 0.25) is 0 Å². The van der Waals surface area contributed by atoms with E-state index in [0.717, 1.165) is 5.69 Å². The maximum atomic E-state index is 12.4. The molecule has 0 radical (unpaired) electrons. The Morgan fingerprint density at radius 2 is 1.80 bits per heavy atom. The summed E-state index contributed by atoms with van der Waals surface area (Å²) in [7, 11) is 1.58. The normalized spacial score (nSPS) is 10.6. The Morgan fingerprint density at radius 1 is 1.08 bits per heavy atom. The molecule has 0 fully saturated rings. The van der Waals surface area contributed by atoms with Crippen LogP contribution in [0.4, 0.5) is 5.69 Å². The summed E-state index contributed by atoms with van der Waals surface area (Å²) >= 11 is 0. The summed E-state index contributed by atoms with van der Waals surface area (Å²) < 4.78 is 8.46. The van der Waals surface area contributed by atoms with Crippen molar-refractivity contribution in [2.45, 2.75) is 6.54 Å². The molecule has 0 saturated carbocycles. The predicted octanol–water partition coefficient (Wildman–Crippen LogP) is 2.54. The maximum Gasteiger partial charge on any atom is 0.255 e. The fourth-order valence-electron chi connectivity index (χ4n) is 2.46. The predicted molar refractivity (Wildman–Crippen MR) is 96.3 cm³/mol. The molecule has 3 aromatic rings. The molecule has 0 atom stereocenters. The molecule has 1 N–H and O–H groups in total. The quantitative estimate of drug-likeness (QED) is 0.752. The third-order valence-electron chi connectivity index (χ3n) is 3.81. The van der Waals surface area contributed by atoms with Crippen LogP contribution >= 0.6 is 0 Å². The van der Waals surface area contributed by atoms with E-state index in [-0.39, 0.29) is 11.5 Å². The van der Waals surface area contributed by atoms with E-state index in [2.05, 4.69) is 5.32 Å². The second-order valence-electron chi connectivity index (χ2n) is 5.53. The fraction of sp³-hybridized carbons (Fsp3) is 0.158. The average molecular weight is 337 g/mol. The molecule has 25 heavy (non-hydrogen) atoms. The van der Waals surface area contributed by atoms with E-state index in [0.29, 0.717) is 24.4 Å². The third-order valence-corrected chi connectivity index (χ3v) is 3.81. The largest absolute Gasteiger partial charge is 0.383 e. The van der Waals surface area contributed by atoms with Gasteiger partial charge in [0.1, 0.15) is 0 Å². The second-order valence-corrected chi connectivity index (χ2v) is 5.53. The molecule has 128 valence electrons. The first-order valence-electron chi connectivity index (χ1n) is 7.91. The van der Waals surface area contributed by atoms with Crippen LogP contribution in [0.15, 0.2) is 71.9 Å². The van der Waals surface area contributed by atoms with Crippen LogP contribution in [0.1, 0.15) is 10.4 Å². The standard InChI is InChI=1S/C19H19N3O3/c1-25-13-12-22-14-16(6-9-18(22)23)20-19(24)15-4-7-17(8-5-15)21-10-2-3-11-21/h2-11,14H,12-13H2,1H3,(H,20,24). The smallest absolute Gasteiger partial charge is 0.255 e. The highest BCUT2D eigenvalue weighted by Crippen LogP contribution is 2.12. The Kier molecular flexibility index (Phi) is 5.11. The molecular weight excluding hydrogens is 318 g/mol. The number of methoxy groups -OCH3 is 1. The van der Waals surface area contributed by atoms with Gasteiger partial charge in [0, 0.05) is 49.6 Å². The number of hydrogen-bond acceptors (Lipinski definition) is 3. The van der Waals surface area contributed by atoms with Crippen molar-refractivity contribution in [1.82, 2.24) is 9.13 Å². The molecule has 3 rings (SSSR count). The summed E-state index contributed by atoms with van der Waals surface area (Å²) in [6, 6.07) is 14.2. The number of rotatable bonds is 6. The van der Waals surface area contributed by atoms with Crippen molar-refractivity contribution in [2.75, 3.05) is 19.0 Å². The molecule has 6 nitrogen and oxygen atoms in total. The monoisotopic (exact) mass is 337 g/mol. The number of benzene rings is 1. The molecule has 0 bridgehead atoms. The lowest BCUT2D eigenvalue weighted by atomic mass is 10.2. The average Bonchev–Trinajstić information content (AvgIpc) is 3.17. The maximum absolute atomic E-state index is 12.4. The molecule has 0 aliphatic carbocycles. The number of carbonyl (C=O) groups is 1. The van der Waals surface area contributed by atoms with Crippen LogP contribution in [0.25, 0.3) is 5.69 Å². The van der Waals surface area contributed by atoms with Crippen molar-refractivity contribution < 1.29 is 9.53 Å². The zero-order valence-electron chi connectivity index (χ0n) is 13.9. The van der Waals surface area contributed by atoms with E-state index in [1.54, 1.807) is 31.5 Å². The summed E-state index contributed by atoms with van der Waals surface area (Å²) in [5, 5.41) is 2.81. The number of nitrogens with zero attached hydrogens (tertiary/aromatic N) is 2. The molecule has 2 heterocycles. The van der Waals surface area contributed by atoms with Crippen molar-refractivity contribution >= 4 is 11.6 Å². The first-order valence-corrected chi connectivity index (χ1v) is 7.91. The SMILES string of the molecule is COCCn1cc(NC(=O)c2ccc(-n3cccc3)cc2)ccc1=O. The van der Waals surface area contributed by atoms with E-state index in [1.165, 1.54) is 10.6 Å². The summed E-state index contributed by atoms with van der Waals surface area (Å²) in [4.78, 5) is 24.2. The Hall–Kier alpha value is -3.12. The number of hydrogen-bond donors (Lipinski definition) is 1. The van der Waals surface area contributed by atoms with Gasteiger partial charge in [-0.25, -0.2) is 0 Å². The summed E-state index contributed by atoms with van der Waals surface area (Å²) in [5.74, 6) is -0.226. The lowest BCUT2D eigenvalue weighted by Gasteiger charge is -2.10. The van der Waals surface area contributed by atoms with Gasteiger partial charge in [-0.05, 0) is 42.5 Å². The zero-order chi connectivity index (χ0) is 17.6. The molecular formula is C19H19N3O3. The number of amides is 1. The van der Waals surface area contributed by atoms with Crippen LogP contribution in [-0.2, 0) is 11.3 Å². The van der Waals surface area contributed by atoms with Crippen LogP contribution in [0.5, 0.6) is 0 Å². The third kappa shape index (κ3) is 4.05. The van der Waals surface area contributed by atoms with Crippen LogP contribution in [0.3, 0.4) is 0 Å². The van der Waals surface area contributed by atoms with Crippen molar-refractivity contribution in [3.8, 4) is 5.69 Å². The number of pyridine rings is 1. The van der Waals surface area contributed by atoms with Gasteiger partial charge in [0.2, 0.25) is 0 Å². The van der Waals surface area contributed by atoms with E-state index < -0.39 is 0 Å². The molecule has 0 aliphatic heterocycles. The highest BCUT2D eigenvalue weighted by molar-refractivity contribution is 6.04. The molecule has 0 saturated heterocycles. The van der Waals surface area contributed by atoms with Gasteiger partial charge in [0.15, 0.2) is 0 Å². The van der Waals surface area contributed by atoms with Crippen LogP contribution < -0.4 is 10.9 Å². The minimum Gasteiger partial charge on any atom is -0.383 e. The molecule has 1 aromatic carbocycles. The number of carbonyl (C=O) groups excluding carboxylic acids is 1. The Balaban J connectivity index is 1.72. The van der Waals surface area contributed by atoms with E-state index in [9.17, 15) is 9.59 Å². The van der Waals surface area contributed by atoms with Gasteiger partial charge in [-0.2, -0.15) is 0 Å².